The summed E-state index contributed by atoms with van der Waals surface area (Å²) in [5.41, 5.74) is 0. The summed E-state index contributed by atoms with van der Waals surface area (Å²) in [6.07, 6.45) is 2.32. The monoisotopic (exact) mass is 513 g/mol. The molecule has 36 heavy (non-hydrogen) atoms. The van der Waals surface area contributed by atoms with E-state index in [4.69, 9.17) is 23.8 Å². The molecular weight excluding hydrogens is 482 g/mol. The van der Waals surface area contributed by atoms with E-state index in [2.05, 4.69) is 5.32 Å². The molecule has 0 saturated carbocycles. The number of nitrogens with zero attached hydrogens (tertiary/aromatic N) is 2. The first-order valence-electron chi connectivity index (χ1n) is 11.3. The minimum absolute atomic E-state index is 0.0327. The molecule has 14 heteroatoms. The van der Waals surface area contributed by atoms with Gasteiger partial charge in [0.25, 0.3) is 11.8 Å². The van der Waals surface area contributed by atoms with Gasteiger partial charge < -0.3 is 39.3 Å². The number of carbonyl (C=O) groups is 4. The van der Waals surface area contributed by atoms with E-state index in [1.165, 1.54) is 24.3 Å². The summed E-state index contributed by atoms with van der Waals surface area (Å²) in [4.78, 5) is 51.9. The van der Waals surface area contributed by atoms with E-state index in [9.17, 15) is 29.4 Å². The average molecular weight is 514 g/mol. The van der Waals surface area contributed by atoms with Crippen molar-refractivity contribution in [2.75, 3.05) is 65.9 Å². The highest BCUT2D eigenvalue weighted by Crippen LogP contribution is 2.18. The Morgan fingerprint density at radius 3 is 1.81 bits per heavy atom. The van der Waals surface area contributed by atoms with Gasteiger partial charge in [-0.25, -0.2) is 4.79 Å². The third-order valence-corrected chi connectivity index (χ3v) is 4.59. The first kappa shape index (κ1) is 28.8. The van der Waals surface area contributed by atoms with Crippen molar-refractivity contribution >= 4 is 23.7 Å². The number of amides is 3. The van der Waals surface area contributed by atoms with Crippen LogP contribution < -0.4 is 10.2 Å². The van der Waals surface area contributed by atoms with Crippen LogP contribution in [0.2, 0.25) is 0 Å². The molecular formula is C22H31N3O11. The Morgan fingerprint density at radius 1 is 0.750 bits per heavy atom. The minimum atomic E-state index is -0.679. The number of aromatic hydroxyl groups is 2. The summed E-state index contributed by atoms with van der Waals surface area (Å²) in [6, 6.07) is 2.37. The third kappa shape index (κ3) is 10.9. The van der Waals surface area contributed by atoms with Crippen LogP contribution in [0.1, 0.15) is 12.8 Å². The van der Waals surface area contributed by atoms with Crippen LogP contribution in [0.25, 0.3) is 0 Å². The second-order valence-corrected chi connectivity index (χ2v) is 7.27. The fourth-order valence-electron chi connectivity index (χ4n) is 2.78. The molecule has 3 N–H and O–H groups in total. The van der Waals surface area contributed by atoms with Gasteiger partial charge in [-0.05, 0) is 0 Å². The molecule has 0 unspecified atom stereocenters. The van der Waals surface area contributed by atoms with Crippen molar-refractivity contribution in [2.24, 2.45) is 0 Å². The number of imide groups is 1. The van der Waals surface area contributed by atoms with Gasteiger partial charge in [0, 0.05) is 43.8 Å². The highest BCUT2D eigenvalue weighted by molar-refractivity contribution is 6.13. The third-order valence-electron chi connectivity index (χ3n) is 4.59. The first-order chi connectivity index (χ1) is 17.4. The van der Waals surface area contributed by atoms with E-state index in [0.717, 1.165) is 4.90 Å². The molecule has 3 amide bonds. The van der Waals surface area contributed by atoms with E-state index < -0.39 is 29.5 Å². The zero-order chi connectivity index (χ0) is 26.2. The molecule has 0 spiro atoms. The molecule has 14 nitrogen and oxygen atoms in total. The van der Waals surface area contributed by atoms with Crippen LogP contribution in [0.3, 0.4) is 0 Å². The van der Waals surface area contributed by atoms with Gasteiger partial charge in [0.15, 0.2) is 0 Å². The molecule has 0 aromatic carbocycles. The largest absolute Gasteiger partial charge is 0.492 e. The zero-order valence-corrected chi connectivity index (χ0v) is 19.8. The normalized spacial score (nSPS) is 12.9. The van der Waals surface area contributed by atoms with Crippen molar-refractivity contribution in [3.05, 3.63) is 24.3 Å². The topological polar surface area (TPSA) is 175 Å². The van der Waals surface area contributed by atoms with Gasteiger partial charge in [-0.1, -0.05) is 0 Å². The molecule has 1 aliphatic rings. The van der Waals surface area contributed by atoms with Crippen LogP contribution in [0, 0.1) is 0 Å². The fourth-order valence-corrected chi connectivity index (χ4v) is 2.78. The van der Waals surface area contributed by atoms with Crippen LogP contribution in [0.15, 0.2) is 24.3 Å². The van der Waals surface area contributed by atoms with E-state index >= 15 is 0 Å². The number of hydrogen-bond acceptors (Lipinski definition) is 11. The molecule has 0 aliphatic carbocycles. The van der Waals surface area contributed by atoms with E-state index in [-0.39, 0.29) is 38.5 Å². The Morgan fingerprint density at radius 2 is 1.25 bits per heavy atom. The molecule has 2 rings (SSSR count). The number of rotatable bonds is 19. The Hall–Kier alpha value is -3.46. The van der Waals surface area contributed by atoms with Crippen LogP contribution in [0.5, 0.6) is 11.8 Å². The molecule has 0 saturated heterocycles. The van der Waals surface area contributed by atoms with Crippen LogP contribution >= 0.6 is 0 Å². The molecule has 0 bridgehead atoms. The minimum Gasteiger partial charge on any atom is -0.492 e. The van der Waals surface area contributed by atoms with Gasteiger partial charge in [-0.2, -0.15) is 0 Å². The summed E-state index contributed by atoms with van der Waals surface area (Å²) in [6.45, 7) is 2.73. The van der Waals surface area contributed by atoms with Crippen LogP contribution in [-0.4, -0.2) is 109 Å². The van der Waals surface area contributed by atoms with Gasteiger partial charge in [-0.15, -0.1) is 4.73 Å². The van der Waals surface area contributed by atoms with Crippen molar-refractivity contribution in [1.29, 1.82) is 0 Å². The Bertz CT molecular complexity index is 862. The Labute approximate surface area is 207 Å². The maximum absolute atomic E-state index is 11.7. The van der Waals surface area contributed by atoms with Crippen molar-refractivity contribution in [3.8, 4) is 11.8 Å². The number of hydrogen-bond donors (Lipinski definition) is 3. The maximum Gasteiger partial charge on any atom is 0.335 e. The second kappa shape index (κ2) is 16.3. The molecule has 0 atom stereocenters. The van der Waals surface area contributed by atoms with E-state index in [1.54, 1.807) is 0 Å². The molecule has 0 fully saturated rings. The van der Waals surface area contributed by atoms with E-state index in [1.807, 2.05) is 0 Å². The van der Waals surface area contributed by atoms with Gasteiger partial charge in [-0.3, -0.25) is 19.3 Å². The fraction of sp³-hybridized carbons (Fsp3) is 0.545. The summed E-state index contributed by atoms with van der Waals surface area (Å²) in [5.74, 6) is -2.57. The maximum atomic E-state index is 11.7. The summed E-state index contributed by atoms with van der Waals surface area (Å²) >= 11 is 0. The van der Waals surface area contributed by atoms with Crippen LogP contribution in [0.4, 0.5) is 0 Å². The van der Waals surface area contributed by atoms with Crippen molar-refractivity contribution < 1.29 is 53.2 Å². The zero-order valence-electron chi connectivity index (χ0n) is 19.8. The summed E-state index contributed by atoms with van der Waals surface area (Å²) < 4.78 is 21.9. The SMILES string of the molecule is O=C(CCN1C(=O)C=CC1=O)NCCOCCOCCOCCOCCC(=O)On1c(O)ccc1O. The second-order valence-electron chi connectivity index (χ2n) is 7.27. The molecule has 200 valence electrons. The smallest absolute Gasteiger partial charge is 0.335 e. The van der Waals surface area contributed by atoms with Crippen molar-refractivity contribution in [2.45, 2.75) is 12.8 Å². The molecule has 2 heterocycles. The number of ether oxygens (including phenoxy) is 4. The summed E-state index contributed by atoms with van der Waals surface area (Å²) in [7, 11) is 0. The van der Waals surface area contributed by atoms with Gasteiger partial charge >= 0.3 is 5.97 Å². The number of aromatic nitrogens is 1. The lowest BCUT2D eigenvalue weighted by Crippen LogP contribution is -2.35. The van der Waals surface area contributed by atoms with Crippen molar-refractivity contribution in [3.63, 3.8) is 0 Å². The lowest BCUT2D eigenvalue weighted by molar-refractivity contribution is -0.147. The van der Waals surface area contributed by atoms with Gasteiger partial charge in [0.2, 0.25) is 17.7 Å². The highest BCUT2D eigenvalue weighted by Gasteiger charge is 2.23. The molecule has 1 aliphatic heterocycles. The lowest BCUT2D eigenvalue weighted by Gasteiger charge is -2.13. The quantitative estimate of drug-likeness (QED) is 0.149. The average Bonchev–Trinajstić information content (AvgIpc) is 3.34. The molecule has 1 aromatic heterocycles. The van der Waals surface area contributed by atoms with Crippen LogP contribution in [-0.2, 0) is 38.1 Å². The van der Waals surface area contributed by atoms with Gasteiger partial charge in [0.05, 0.1) is 59.3 Å². The molecule has 0 radical (unpaired) electrons. The number of nitrogens with one attached hydrogen (secondary N) is 1. The van der Waals surface area contributed by atoms with Gasteiger partial charge in [0.1, 0.15) is 0 Å². The van der Waals surface area contributed by atoms with E-state index in [0.29, 0.717) is 50.9 Å². The Kier molecular flexibility index (Phi) is 13.0. The van der Waals surface area contributed by atoms with Crippen molar-refractivity contribution in [1.82, 2.24) is 14.9 Å². The molecule has 1 aromatic rings. The lowest BCUT2D eigenvalue weighted by atomic mass is 10.3. The number of carbonyl (C=O) groups excluding carboxylic acids is 4. The standard InChI is InChI=1S/C22H31N3O11/c26-17(5-8-24-18(27)1-2-19(24)28)23-7-10-33-12-14-35-16-15-34-13-11-32-9-6-22(31)36-25-20(29)3-4-21(25)30/h1-4,29-30H,5-16H2,(H,23,26). The summed E-state index contributed by atoms with van der Waals surface area (Å²) in [5, 5.41) is 21.4. The first-order valence-corrected chi connectivity index (χ1v) is 11.3. The highest BCUT2D eigenvalue weighted by atomic mass is 16.7. The Balaban J connectivity index is 1.30. The predicted octanol–water partition coefficient (Wildman–Crippen LogP) is -1.26. The predicted molar refractivity (Wildman–Crippen MR) is 121 cm³/mol.